The first kappa shape index (κ1) is 14.3. The number of nitrogens with one attached hydrogen (secondary N) is 2. The SMILES string of the molecule is O=C(OCc1ccccc1)N1CCC2(C1)NCCc1[nH]cnc12. The molecule has 1 amide bonds. The monoisotopic (exact) mass is 312 g/mol. The van der Waals surface area contributed by atoms with Crippen molar-refractivity contribution in [3.63, 3.8) is 0 Å². The fourth-order valence-electron chi connectivity index (χ4n) is 3.55. The average Bonchev–Trinajstić information content (AvgIpc) is 3.22. The van der Waals surface area contributed by atoms with Gasteiger partial charge in [-0.15, -0.1) is 0 Å². The number of benzene rings is 1. The Labute approximate surface area is 134 Å². The summed E-state index contributed by atoms with van der Waals surface area (Å²) in [4.78, 5) is 21.8. The third-order valence-corrected chi connectivity index (χ3v) is 4.74. The van der Waals surface area contributed by atoms with Gasteiger partial charge >= 0.3 is 6.09 Å². The van der Waals surface area contributed by atoms with Gasteiger partial charge in [-0.1, -0.05) is 30.3 Å². The van der Waals surface area contributed by atoms with Gasteiger partial charge in [0, 0.05) is 31.7 Å². The van der Waals surface area contributed by atoms with Crippen molar-refractivity contribution in [2.45, 2.75) is 25.0 Å². The second kappa shape index (κ2) is 5.70. The molecule has 2 aliphatic heterocycles. The Bertz CT molecular complexity index is 700. The Morgan fingerprint density at radius 3 is 3.09 bits per heavy atom. The van der Waals surface area contributed by atoms with Gasteiger partial charge in [-0.2, -0.15) is 0 Å². The van der Waals surface area contributed by atoms with Crippen molar-refractivity contribution in [3.8, 4) is 0 Å². The van der Waals surface area contributed by atoms with E-state index in [2.05, 4.69) is 15.3 Å². The molecule has 1 aromatic heterocycles. The second-order valence-corrected chi connectivity index (χ2v) is 6.20. The van der Waals surface area contributed by atoms with Crippen molar-refractivity contribution < 1.29 is 9.53 Å². The van der Waals surface area contributed by atoms with Gasteiger partial charge < -0.3 is 19.9 Å². The summed E-state index contributed by atoms with van der Waals surface area (Å²) >= 11 is 0. The quantitative estimate of drug-likeness (QED) is 0.887. The number of hydrogen-bond acceptors (Lipinski definition) is 4. The van der Waals surface area contributed by atoms with Gasteiger partial charge in [-0.25, -0.2) is 9.78 Å². The van der Waals surface area contributed by atoms with Gasteiger partial charge in [-0.05, 0) is 12.0 Å². The van der Waals surface area contributed by atoms with Crippen LogP contribution in [0, 0.1) is 0 Å². The number of likely N-dealkylation sites (tertiary alicyclic amines) is 1. The maximum Gasteiger partial charge on any atom is 0.410 e. The molecule has 0 aliphatic carbocycles. The topological polar surface area (TPSA) is 70.2 Å². The first-order valence-electron chi connectivity index (χ1n) is 8.00. The van der Waals surface area contributed by atoms with Gasteiger partial charge in [0.2, 0.25) is 0 Å². The lowest BCUT2D eigenvalue weighted by Crippen LogP contribution is -2.50. The van der Waals surface area contributed by atoms with Crippen molar-refractivity contribution in [1.82, 2.24) is 20.2 Å². The minimum atomic E-state index is -0.254. The molecule has 0 saturated carbocycles. The van der Waals surface area contributed by atoms with E-state index in [1.165, 1.54) is 5.69 Å². The largest absolute Gasteiger partial charge is 0.445 e. The lowest BCUT2D eigenvalue weighted by molar-refractivity contribution is 0.101. The molecule has 0 radical (unpaired) electrons. The molecule has 1 fully saturated rings. The number of ether oxygens (including phenoxy) is 1. The standard InChI is InChI=1S/C17H20N4O2/c22-16(23-10-13-4-2-1-3-5-13)21-9-7-17(11-21)15-14(6-8-20-17)18-12-19-15/h1-5,12,20H,6-11H2,(H,18,19). The molecule has 0 bridgehead atoms. The molecular formula is C17H20N4O2. The summed E-state index contributed by atoms with van der Waals surface area (Å²) in [6, 6.07) is 9.75. The Hall–Kier alpha value is -2.34. The van der Waals surface area contributed by atoms with E-state index in [0.29, 0.717) is 19.7 Å². The average molecular weight is 312 g/mol. The summed E-state index contributed by atoms with van der Waals surface area (Å²) in [7, 11) is 0. The van der Waals surface area contributed by atoms with Crippen LogP contribution < -0.4 is 5.32 Å². The van der Waals surface area contributed by atoms with Crippen molar-refractivity contribution in [3.05, 3.63) is 53.6 Å². The molecule has 2 aromatic rings. The summed E-state index contributed by atoms with van der Waals surface area (Å²) in [5.74, 6) is 0. The summed E-state index contributed by atoms with van der Waals surface area (Å²) in [5, 5.41) is 3.56. The summed E-state index contributed by atoms with van der Waals surface area (Å²) in [6.45, 7) is 2.51. The van der Waals surface area contributed by atoms with E-state index in [0.717, 1.165) is 30.6 Å². The van der Waals surface area contributed by atoms with Crippen molar-refractivity contribution in [2.24, 2.45) is 0 Å². The molecular weight excluding hydrogens is 292 g/mol. The fourth-order valence-corrected chi connectivity index (χ4v) is 3.55. The number of fused-ring (bicyclic) bond motifs is 2. The van der Waals surface area contributed by atoms with E-state index < -0.39 is 0 Å². The number of aromatic amines is 1. The van der Waals surface area contributed by atoms with Crippen LogP contribution in [-0.2, 0) is 23.3 Å². The smallest absolute Gasteiger partial charge is 0.410 e. The number of aromatic nitrogens is 2. The van der Waals surface area contributed by atoms with Crippen molar-refractivity contribution >= 4 is 6.09 Å². The fraction of sp³-hybridized carbons (Fsp3) is 0.412. The Morgan fingerprint density at radius 2 is 2.22 bits per heavy atom. The zero-order valence-corrected chi connectivity index (χ0v) is 12.9. The molecule has 2 aliphatic rings. The number of hydrogen-bond donors (Lipinski definition) is 2. The normalized spacial score (nSPS) is 23.0. The first-order valence-corrected chi connectivity index (χ1v) is 8.00. The van der Waals surface area contributed by atoms with E-state index >= 15 is 0 Å². The van der Waals surface area contributed by atoms with Crippen LogP contribution in [0.5, 0.6) is 0 Å². The zero-order valence-electron chi connectivity index (χ0n) is 12.9. The van der Waals surface area contributed by atoms with Crippen LogP contribution in [0.4, 0.5) is 4.79 Å². The molecule has 23 heavy (non-hydrogen) atoms. The van der Waals surface area contributed by atoms with E-state index in [1.807, 2.05) is 30.3 Å². The van der Waals surface area contributed by atoms with E-state index in [9.17, 15) is 4.79 Å². The molecule has 6 nitrogen and oxygen atoms in total. The Balaban J connectivity index is 1.42. The van der Waals surface area contributed by atoms with E-state index in [1.54, 1.807) is 11.2 Å². The number of H-pyrrole nitrogens is 1. The highest BCUT2D eigenvalue weighted by Crippen LogP contribution is 2.35. The van der Waals surface area contributed by atoms with Crippen LogP contribution in [0.25, 0.3) is 0 Å². The van der Waals surface area contributed by atoms with Crippen LogP contribution in [0.1, 0.15) is 23.4 Å². The van der Waals surface area contributed by atoms with Gasteiger partial charge in [0.05, 0.1) is 17.6 Å². The number of carbonyl (C=O) groups excluding carboxylic acids is 1. The van der Waals surface area contributed by atoms with Gasteiger partial charge in [0.1, 0.15) is 6.61 Å². The number of amides is 1. The maximum absolute atomic E-state index is 12.3. The molecule has 1 spiro atoms. The van der Waals surface area contributed by atoms with E-state index in [-0.39, 0.29) is 11.6 Å². The van der Waals surface area contributed by atoms with Crippen LogP contribution in [0.3, 0.4) is 0 Å². The first-order chi connectivity index (χ1) is 11.3. The van der Waals surface area contributed by atoms with Crippen LogP contribution in [-0.4, -0.2) is 40.6 Å². The Kier molecular flexibility index (Phi) is 3.53. The molecule has 4 rings (SSSR count). The van der Waals surface area contributed by atoms with Gasteiger partial charge in [0.15, 0.2) is 0 Å². The molecule has 3 heterocycles. The third kappa shape index (κ3) is 2.59. The lowest BCUT2D eigenvalue weighted by Gasteiger charge is -2.33. The van der Waals surface area contributed by atoms with Crippen LogP contribution in [0.15, 0.2) is 36.7 Å². The summed E-state index contributed by atoms with van der Waals surface area (Å²) < 4.78 is 5.45. The van der Waals surface area contributed by atoms with E-state index in [4.69, 9.17) is 4.74 Å². The lowest BCUT2D eigenvalue weighted by atomic mass is 9.89. The third-order valence-electron chi connectivity index (χ3n) is 4.74. The number of carbonyl (C=O) groups is 1. The van der Waals surface area contributed by atoms with Crippen molar-refractivity contribution in [1.29, 1.82) is 0 Å². The highest BCUT2D eigenvalue weighted by molar-refractivity contribution is 5.68. The predicted octanol–water partition coefficient (Wildman–Crippen LogP) is 1.79. The highest BCUT2D eigenvalue weighted by Gasteiger charge is 2.45. The number of nitrogens with zero attached hydrogens (tertiary/aromatic N) is 2. The number of imidazole rings is 1. The summed E-state index contributed by atoms with van der Waals surface area (Å²) in [5.41, 5.74) is 3.02. The minimum Gasteiger partial charge on any atom is -0.445 e. The highest BCUT2D eigenvalue weighted by atomic mass is 16.6. The molecule has 1 atom stereocenters. The van der Waals surface area contributed by atoms with Gasteiger partial charge in [0.25, 0.3) is 0 Å². The molecule has 120 valence electrons. The maximum atomic E-state index is 12.3. The number of rotatable bonds is 2. The van der Waals surface area contributed by atoms with Crippen molar-refractivity contribution in [2.75, 3.05) is 19.6 Å². The Morgan fingerprint density at radius 1 is 1.35 bits per heavy atom. The molecule has 6 heteroatoms. The van der Waals surface area contributed by atoms with Crippen LogP contribution in [0.2, 0.25) is 0 Å². The zero-order chi connectivity index (χ0) is 15.7. The molecule has 1 saturated heterocycles. The summed E-state index contributed by atoms with van der Waals surface area (Å²) in [6.07, 6.45) is 3.31. The van der Waals surface area contributed by atoms with Gasteiger partial charge in [-0.3, -0.25) is 0 Å². The molecule has 1 aromatic carbocycles. The molecule has 2 N–H and O–H groups in total. The van der Waals surface area contributed by atoms with Crippen LogP contribution >= 0.6 is 0 Å². The predicted molar refractivity (Wildman–Crippen MR) is 84.8 cm³/mol. The second-order valence-electron chi connectivity index (χ2n) is 6.20. The minimum absolute atomic E-state index is 0.223. The molecule has 1 unspecified atom stereocenters.